The molecule has 1 aliphatic heterocycles. The summed E-state index contributed by atoms with van der Waals surface area (Å²) < 4.78 is 10.6. The van der Waals surface area contributed by atoms with Gasteiger partial charge < -0.3 is 14.8 Å². The highest BCUT2D eigenvalue weighted by Gasteiger charge is 2.20. The Balaban J connectivity index is 2.30. The van der Waals surface area contributed by atoms with E-state index in [1.54, 1.807) is 7.11 Å². The van der Waals surface area contributed by atoms with Crippen LogP contribution in [-0.2, 0) is 9.47 Å². The van der Waals surface area contributed by atoms with Crippen LogP contribution in [0.3, 0.4) is 0 Å². The molecule has 1 saturated heterocycles. The standard InChI is InChI=1S/C14H29NO2/c1-4-15-14(9-12(2)11-16-3)10-13-5-7-17-8-6-13/h12-15H,4-11H2,1-3H3. The number of nitrogens with one attached hydrogen (secondary N) is 1. The first-order chi connectivity index (χ1) is 8.26. The van der Waals surface area contributed by atoms with Gasteiger partial charge in [0.2, 0.25) is 0 Å². The predicted molar refractivity (Wildman–Crippen MR) is 71.3 cm³/mol. The van der Waals surface area contributed by atoms with E-state index in [1.807, 2.05) is 0 Å². The zero-order chi connectivity index (χ0) is 12.5. The maximum atomic E-state index is 5.42. The van der Waals surface area contributed by atoms with Crippen LogP contribution in [-0.4, -0.2) is 39.5 Å². The third kappa shape index (κ3) is 6.39. The van der Waals surface area contributed by atoms with Gasteiger partial charge in [-0.15, -0.1) is 0 Å². The van der Waals surface area contributed by atoms with E-state index in [1.165, 1.54) is 25.7 Å². The van der Waals surface area contributed by atoms with Crippen molar-refractivity contribution in [3.8, 4) is 0 Å². The van der Waals surface area contributed by atoms with Crippen LogP contribution < -0.4 is 5.32 Å². The van der Waals surface area contributed by atoms with Gasteiger partial charge in [-0.25, -0.2) is 0 Å². The molecule has 0 spiro atoms. The summed E-state index contributed by atoms with van der Waals surface area (Å²) >= 11 is 0. The number of hydrogen-bond acceptors (Lipinski definition) is 3. The predicted octanol–water partition coefficient (Wildman–Crippen LogP) is 2.45. The van der Waals surface area contributed by atoms with Gasteiger partial charge in [-0.05, 0) is 44.1 Å². The van der Waals surface area contributed by atoms with Crippen LogP contribution in [0.2, 0.25) is 0 Å². The zero-order valence-electron chi connectivity index (χ0n) is 11.7. The van der Waals surface area contributed by atoms with Crippen molar-refractivity contribution in [2.24, 2.45) is 11.8 Å². The van der Waals surface area contributed by atoms with Crippen molar-refractivity contribution in [2.75, 3.05) is 33.5 Å². The van der Waals surface area contributed by atoms with Gasteiger partial charge in [0.15, 0.2) is 0 Å². The Morgan fingerprint density at radius 2 is 2.06 bits per heavy atom. The molecular weight excluding hydrogens is 214 g/mol. The van der Waals surface area contributed by atoms with Crippen molar-refractivity contribution in [1.82, 2.24) is 5.32 Å². The lowest BCUT2D eigenvalue weighted by atomic mass is 9.89. The molecule has 2 atom stereocenters. The summed E-state index contributed by atoms with van der Waals surface area (Å²) in [5.74, 6) is 1.49. The zero-order valence-corrected chi connectivity index (χ0v) is 11.7. The molecule has 1 heterocycles. The van der Waals surface area contributed by atoms with Gasteiger partial charge in [-0.1, -0.05) is 13.8 Å². The summed E-state index contributed by atoms with van der Waals surface area (Å²) in [6.45, 7) is 8.31. The lowest BCUT2D eigenvalue weighted by molar-refractivity contribution is 0.0586. The van der Waals surface area contributed by atoms with E-state index in [4.69, 9.17) is 9.47 Å². The monoisotopic (exact) mass is 243 g/mol. The molecule has 3 nitrogen and oxygen atoms in total. The van der Waals surface area contributed by atoms with Gasteiger partial charge in [0.25, 0.3) is 0 Å². The average Bonchev–Trinajstić information content (AvgIpc) is 2.31. The topological polar surface area (TPSA) is 30.5 Å². The normalized spacial score (nSPS) is 21.4. The molecule has 0 radical (unpaired) electrons. The molecule has 1 fully saturated rings. The van der Waals surface area contributed by atoms with Gasteiger partial charge in [0, 0.05) is 33.0 Å². The van der Waals surface area contributed by atoms with Crippen molar-refractivity contribution in [1.29, 1.82) is 0 Å². The highest BCUT2D eigenvalue weighted by Crippen LogP contribution is 2.22. The van der Waals surface area contributed by atoms with E-state index >= 15 is 0 Å². The molecule has 3 heteroatoms. The third-order valence-corrected chi connectivity index (χ3v) is 3.59. The van der Waals surface area contributed by atoms with Crippen molar-refractivity contribution < 1.29 is 9.47 Å². The molecular formula is C14H29NO2. The first-order valence-corrected chi connectivity index (χ1v) is 7.06. The van der Waals surface area contributed by atoms with E-state index in [0.29, 0.717) is 12.0 Å². The minimum Gasteiger partial charge on any atom is -0.384 e. The Hall–Kier alpha value is -0.120. The first-order valence-electron chi connectivity index (χ1n) is 7.06. The van der Waals surface area contributed by atoms with Crippen LogP contribution in [0, 0.1) is 11.8 Å². The van der Waals surface area contributed by atoms with Crippen LogP contribution in [0.15, 0.2) is 0 Å². The molecule has 0 bridgehead atoms. The molecule has 1 N–H and O–H groups in total. The molecule has 0 aliphatic carbocycles. The van der Waals surface area contributed by atoms with Crippen LogP contribution >= 0.6 is 0 Å². The quantitative estimate of drug-likeness (QED) is 0.710. The molecule has 17 heavy (non-hydrogen) atoms. The van der Waals surface area contributed by atoms with E-state index in [-0.39, 0.29) is 0 Å². The van der Waals surface area contributed by atoms with Gasteiger partial charge >= 0.3 is 0 Å². The maximum absolute atomic E-state index is 5.42. The molecule has 0 saturated carbocycles. The Morgan fingerprint density at radius 3 is 2.65 bits per heavy atom. The summed E-state index contributed by atoms with van der Waals surface area (Å²) in [5, 5.41) is 3.62. The van der Waals surface area contributed by atoms with Gasteiger partial charge in [-0.2, -0.15) is 0 Å². The minimum absolute atomic E-state index is 0.642. The van der Waals surface area contributed by atoms with Gasteiger partial charge in [-0.3, -0.25) is 0 Å². The number of methoxy groups -OCH3 is 1. The van der Waals surface area contributed by atoms with E-state index in [9.17, 15) is 0 Å². The SMILES string of the molecule is CCNC(CC(C)COC)CC1CCOCC1. The largest absolute Gasteiger partial charge is 0.384 e. The van der Waals surface area contributed by atoms with Crippen molar-refractivity contribution in [3.63, 3.8) is 0 Å². The Labute approximate surface area is 106 Å². The fourth-order valence-corrected chi connectivity index (χ4v) is 2.77. The Bertz CT molecular complexity index is 181. The second kappa shape index (κ2) is 8.90. The van der Waals surface area contributed by atoms with E-state index < -0.39 is 0 Å². The van der Waals surface area contributed by atoms with Gasteiger partial charge in [0.05, 0.1) is 0 Å². The first kappa shape index (κ1) is 14.9. The molecule has 2 unspecified atom stereocenters. The molecule has 1 rings (SSSR count). The molecule has 102 valence electrons. The number of ether oxygens (including phenoxy) is 2. The Kier molecular flexibility index (Phi) is 7.82. The van der Waals surface area contributed by atoms with Crippen LogP contribution in [0.5, 0.6) is 0 Å². The lowest BCUT2D eigenvalue weighted by Gasteiger charge is -2.28. The Morgan fingerprint density at radius 1 is 1.35 bits per heavy atom. The van der Waals surface area contributed by atoms with Crippen LogP contribution in [0.25, 0.3) is 0 Å². The lowest BCUT2D eigenvalue weighted by Crippen LogP contribution is -2.34. The summed E-state index contributed by atoms with van der Waals surface area (Å²) in [6.07, 6.45) is 4.99. The molecule has 0 aromatic heterocycles. The second-order valence-corrected chi connectivity index (χ2v) is 5.34. The molecule has 0 amide bonds. The fourth-order valence-electron chi connectivity index (χ4n) is 2.77. The summed E-state index contributed by atoms with van der Waals surface area (Å²) in [5.41, 5.74) is 0. The maximum Gasteiger partial charge on any atom is 0.0488 e. The van der Waals surface area contributed by atoms with Crippen LogP contribution in [0.1, 0.15) is 39.5 Å². The number of rotatable bonds is 8. The fraction of sp³-hybridized carbons (Fsp3) is 1.00. The average molecular weight is 243 g/mol. The van der Waals surface area contributed by atoms with Gasteiger partial charge in [0.1, 0.15) is 0 Å². The summed E-state index contributed by atoms with van der Waals surface area (Å²) in [7, 11) is 1.79. The highest BCUT2D eigenvalue weighted by molar-refractivity contribution is 4.75. The minimum atomic E-state index is 0.642. The summed E-state index contributed by atoms with van der Waals surface area (Å²) in [4.78, 5) is 0. The van der Waals surface area contributed by atoms with E-state index in [2.05, 4.69) is 19.2 Å². The smallest absolute Gasteiger partial charge is 0.0488 e. The third-order valence-electron chi connectivity index (χ3n) is 3.59. The molecule has 1 aliphatic rings. The van der Waals surface area contributed by atoms with E-state index in [0.717, 1.165) is 32.3 Å². The van der Waals surface area contributed by atoms with Crippen molar-refractivity contribution in [2.45, 2.75) is 45.6 Å². The second-order valence-electron chi connectivity index (χ2n) is 5.34. The van der Waals surface area contributed by atoms with Crippen molar-refractivity contribution >= 4 is 0 Å². The van der Waals surface area contributed by atoms with Crippen molar-refractivity contribution in [3.05, 3.63) is 0 Å². The summed E-state index contributed by atoms with van der Waals surface area (Å²) in [6, 6.07) is 0.647. The number of hydrogen-bond donors (Lipinski definition) is 1. The highest BCUT2D eigenvalue weighted by atomic mass is 16.5. The molecule has 0 aromatic carbocycles. The molecule has 0 aromatic rings. The van der Waals surface area contributed by atoms with Crippen LogP contribution in [0.4, 0.5) is 0 Å².